The molecule has 0 aromatic heterocycles. The summed E-state index contributed by atoms with van der Waals surface area (Å²) in [6.07, 6.45) is 83.7. The number of fused-ring (bicyclic) bond motifs is 7. The van der Waals surface area contributed by atoms with Crippen LogP contribution in [0.3, 0.4) is 0 Å². The fraction of sp³-hybridized carbons (Fsp3) is 1.00. The first-order valence-corrected chi connectivity index (χ1v) is 49.8. The minimum absolute atomic E-state index is 0.435. The van der Waals surface area contributed by atoms with Crippen molar-refractivity contribution in [3.8, 4) is 0 Å². The zero-order valence-corrected chi connectivity index (χ0v) is 70.1. The Labute approximate surface area is 644 Å². The quantitative estimate of drug-likeness (QED) is 0.213. The monoisotopic (exact) mass is 1420 g/mol. The van der Waals surface area contributed by atoms with E-state index in [9.17, 15) is 0 Å². The molecule has 16 saturated carbocycles. The summed E-state index contributed by atoms with van der Waals surface area (Å²) in [6, 6.07) is 7.81. The Morgan fingerprint density at radius 1 is 0.212 bits per heavy atom. The predicted octanol–water partition coefficient (Wildman–Crippen LogP) is 27.1. The minimum atomic E-state index is 0.435. The van der Waals surface area contributed by atoms with E-state index in [2.05, 4.69) is 77.0 Å². The van der Waals surface area contributed by atoms with Gasteiger partial charge in [0.05, 0.1) is 0 Å². The zero-order valence-electron chi connectivity index (χ0n) is 70.1. The summed E-state index contributed by atoms with van der Waals surface area (Å²) in [4.78, 5) is 11.6. The third-order valence-electron chi connectivity index (χ3n) is 41.2. The number of likely N-dealkylation sites (tertiary alicyclic amines) is 1. The summed E-state index contributed by atoms with van der Waals surface area (Å²) < 4.78 is 0. The summed E-state index contributed by atoms with van der Waals surface area (Å²) >= 11 is 0. The molecule has 19 aliphatic rings. The number of nitrogens with zero attached hydrogens (tertiary/aromatic N) is 3. The molecule has 3 heterocycles. The molecule has 19 fully saturated rings. The van der Waals surface area contributed by atoms with Gasteiger partial charge in [0, 0.05) is 54.4 Å². The Bertz CT molecular complexity index is 2730. The van der Waals surface area contributed by atoms with Crippen molar-refractivity contribution in [1.29, 1.82) is 0 Å². The van der Waals surface area contributed by atoms with Gasteiger partial charge in [-0.05, 0) is 330 Å². The Hall–Kier alpha value is -0.0551. The molecule has 0 aromatic carbocycles. The summed E-state index contributed by atoms with van der Waals surface area (Å²) in [7, 11) is 0. The van der Waals surface area contributed by atoms with Crippen LogP contribution in [0.5, 0.6) is 0 Å². The van der Waals surface area contributed by atoms with Crippen LogP contribution in [0.1, 0.15) is 403 Å². The van der Waals surface area contributed by atoms with Gasteiger partial charge in [0.15, 0.2) is 6.71 Å². The van der Waals surface area contributed by atoms with Gasteiger partial charge in [-0.2, -0.15) is 0 Å². The van der Waals surface area contributed by atoms with Crippen molar-refractivity contribution in [2.24, 2.45) is 152 Å². The molecule has 0 radical (unpaired) electrons. The van der Waals surface area contributed by atoms with Crippen LogP contribution in [0.4, 0.5) is 0 Å². The molecule has 19 rings (SSSR count). The van der Waals surface area contributed by atoms with Crippen LogP contribution in [-0.2, 0) is 0 Å². The van der Waals surface area contributed by atoms with Gasteiger partial charge in [0.25, 0.3) is 0 Å². The lowest BCUT2D eigenvalue weighted by atomic mass is 9.18. The minimum Gasteiger partial charge on any atom is -0.295 e. The smallest absolute Gasteiger partial charge is 0.156 e. The first kappa shape index (κ1) is 74.1. The molecule has 16 aliphatic carbocycles. The van der Waals surface area contributed by atoms with Gasteiger partial charge < -0.3 is 0 Å². The van der Waals surface area contributed by atoms with E-state index in [0.717, 1.165) is 215 Å². The van der Waals surface area contributed by atoms with E-state index in [4.69, 9.17) is 0 Å². The zero-order chi connectivity index (χ0) is 70.5. The third-order valence-corrected chi connectivity index (χ3v) is 41.2. The summed E-state index contributed by atoms with van der Waals surface area (Å²) in [6.45, 7) is 25.2. The van der Waals surface area contributed by atoms with Gasteiger partial charge in [-0.25, -0.2) is 0 Å². The van der Waals surface area contributed by atoms with Crippen molar-refractivity contribution >= 4 is 6.71 Å². The summed E-state index contributed by atoms with van der Waals surface area (Å²) in [5, 5.41) is 0. The van der Waals surface area contributed by atoms with Crippen LogP contribution in [0.2, 0.25) is 17.5 Å². The molecule has 0 N–H and O–H groups in total. The third kappa shape index (κ3) is 13.5. The van der Waals surface area contributed by atoms with E-state index < -0.39 is 0 Å². The molecule has 27 atom stereocenters. The van der Waals surface area contributed by atoms with Crippen molar-refractivity contribution in [1.82, 2.24) is 14.7 Å². The van der Waals surface area contributed by atoms with Crippen LogP contribution in [0.25, 0.3) is 0 Å². The predicted molar refractivity (Wildman–Crippen MR) is 440 cm³/mol. The molecular formula is C100H168BN3. The highest BCUT2D eigenvalue weighted by atomic mass is 15.3. The first-order valence-electron chi connectivity index (χ1n) is 49.8. The maximum atomic E-state index is 4.02. The molecule has 0 bridgehead atoms. The van der Waals surface area contributed by atoms with Crippen LogP contribution in [0.15, 0.2) is 0 Å². The van der Waals surface area contributed by atoms with Crippen LogP contribution in [0, 0.1) is 152 Å². The molecular weight excluding hydrogens is 1250 g/mol. The van der Waals surface area contributed by atoms with Gasteiger partial charge in [-0.15, -0.1) is 0 Å². The maximum Gasteiger partial charge on any atom is 0.156 e. The molecule has 104 heavy (non-hydrogen) atoms. The second-order valence-electron chi connectivity index (χ2n) is 48.1. The highest BCUT2D eigenvalue weighted by Crippen LogP contribution is 2.72. The molecule has 4 heteroatoms. The topological polar surface area (TPSA) is 9.72 Å². The average molecular weight is 1420 g/mol. The molecule has 0 spiro atoms. The van der Waals surface area contributed by atoms with Crippen molar-refractivity contribution in [3.05, 3.63) is 0 Å². The van der Waals surface area contributed by atoms with Crippen LogP contribution >= 0.6 is 0 Å². The number of rotatable bonds is 9. The van der Waals surface area contributed by atoms with E-state index in [1.165, 1.54) is 51.4 Å². The second-order valence-corrected chi connectivity index (χ2v) is 48.1. The Morgan fingerprint density at radius 2 is 0.635 bits per heavy atom. The summed E-state index contributed by atoms with van der Waals surface area (Å²) in [5.74, 6) is 25.6. The largest absolute Gasteiger partial charge is 0.295 e. The lowest BCUT2D eigenvalue weighted by molar-refractivity contribution is -0.156. The number of hydrogen-bond donors (Lipinski definition) is 0. The van der Waals surface area contributed by atoms with Gasteiger partial charge in [-0.1, -0.05) is 242 Å². The van der Waals surface area contributed by atoms with Crippen LogP contribution < -0.4 is 0 Å². The Morgan fingerprint density at radius 3 is 1.13 bits per heavy atom. The highest BCUT2D eigenvalue weighted by molar-refractivity contribution is 6.65. The number of hydrogen-bond acceptors (Lipinski definition) is 3. The van der Waals surface area contributed by atoms with Gasteiger partial charge in [-0.3, -0.25) is 14.7 Å². The van der Waals surface area contributed by atoms with Crippen molar-refractivity contribution in [2.45, 2.75) is 474 Å². The van der Waals surface area contributed by atoms with Crippen molar-refractivity contribution in [3.63, 3.8) is 0 Å². The fourth-order valence-electron chi connectivity index (χ4n) is 37.1. The summed E-state index contributed by atoms with van der Waals surface area (Å²) in [5.41, 5.74) is 1.33. The second kappa shape index (κ2) is 30.3. The normalized spacial score (nSPS) is 50.0. The fourth-order valence-corrected chi connectivity index (χ4v) is 37.1. The Balaban J connectivity index is 0.792. The molecule has 586 valence electrons. The van der Waals surface area contributed by atoms with Gasteiger partial charge in [0.1, 0.15) is 0 Å². The first-order chi connectivity index (χ1) is 50.5. The van der Waals surface area contributed by atoms with Crippen molar-refractivity contribution < 1.29 is 0 Å². The van der Waals surface area contributed by atoms with E-state index in [1.807, 2.05) is 0 Å². The Kier molecular flexibility index (Phi) is 21.6. The van der Waals surface area contributed by atoms with E-state index in [1.54, 1.807) is 289 Å². The van der Waals surface area contributed by atoms with Gasteiger partial charge >= 0.3 is 0 Å². The lowest BCUT2D eigenvalue weighted by Gasteiger charge is -2.72. The molecule has 3 aliphatic heterocycles. The molecule has 0 aromatic rings. The molecule has 3 nitrogen and oxygen atoms in total. The SMILES string of the molecule is CC(C)(C)C1CCC(C2CC3C4B(C5CC(C6CC7CC(C(C)(C)C)CC8CCC9CC(C(C)(C)C)CC6C9C87)CCC5N3C3C(C5CCCCC5)CCCC3C3CCCCC3)C3CCC(N5C6CCCCC6C6CCCCC65)CC3N(C3C(C5CCCCC5)CCCC3C3CCCCC3)C4C2)CC1. The highest BCUT2D eigenvalue weighted by Gasteiger charge is 2.70. The maximum absolute atomic E-state index is 4.02. The standard InChI is InChI=1S/C100H168BN3/c1-98(2,3)73-49-46-63(47-50-73)71-59-91-95-92(60-71)104(97-79(66-32-18-12-19-33-66)40-27-41-80(97)67-34-20-13-21-35-67)90-62-76(102-87-42-24-22-36-81(87)82-37-23-25-43-88(82)102)51-52-85(90)101(95)86-58-68(48-53-89(86)103(91)96-77(64-28-14-10-15-29-64)38-26-39-78(96)65-30-16-11-17-31-65)83-57-72-56-74(99(4,5)6)54-69-44-45-70-55-75(100(7,8)9)61-84(83)94(70)93(69)72/h63-97H,10-62H2,1-9H3. The van der Waals surface area contributed by atoms with Crippen LogP contribution in [-0.4, -0.2) is 75.8 Å². The molecule has 27 unspecified atom stereocenters. The van der Waals surface area contributed by atoms with E-state index in [0.29, 0.717) is 16.2 Å². The van der Waals surface area contributed by atoms with E-state index in [-0.39, 0.29) is 0 Å². The van der Waals surface area contributed by atoms with E-state index >= 15 is 0 Å². The average Bonchev–Trinajstić information content (AvgIpc) is 0.776. The molecule has 0 amide bonds. The van der Waals surface area contributed by atoms with Crippen molar-refractivity contribution in [2.75, 3.05) is 0 Å². The van der Waals surface area contributed by atoms with Gasteiger partial charge in [0.2, 0.25) is 0 Å². The molecule has 3 saturated heterocycles. The lowest BCUT2D eigenvalue weighted by Crippen LogP contribution is -2.77.